The van der Waals surface area contributed by atoms with Crippen LogP contribution < -0.4 is 20.3 Å². The van der Waals surface area contributed by atoms with Gasteiger partial charge < -0.3 is 29.7 Å². The van der Waals surface area contributed by atoms with E-state index in [1.54, 1.807) is 42.4 Å². The molecular weight excluding hydrogens is 420 g/mol. The van der Waals surface area contributed by atoms with Crippen LogP contribution in [0.3, 0.4) is 0 Å². The lowest BCUT2D eigenvalue weighted by Gasteiger charge is -2.34. The van der Waals surface area contributed by atoms with Crippen LogP contribution >= 0.6 is 0 Å². The number of nitriles is 1. The van der Waals surface area contributed by atoms with Crippen molar-refractivity contribution < 1.29 is 9.53 Å². The Bertz CT molecular complexity index is 1160. The first kappa shape index (κ1) is 22.1. The highest BCUT2D eigenvalue weighted by Crippen LogP contribution is 2.31. The number of carbonyl (C=O) groups is 1. The summed E-state index contributed by atoms with van der Waals surface area (Å²) in [4.78, 5) is 25.6. The Balaban J connectivity index is 1.50. The minimum atomic E-state index is -0.312. The quantitative estimate of drug-likeness (QED) is 0.531. The van der Waals surface area contributed by atoms with Gasteiger partial charge in [-0.3, -0.25) is 4.79 Å². The summed E-state index contributed by atoms with van der Waals surface area (Å²) in [6, 6.07) is 11.4. The molecule has 0 aliphatic carbocycles. The van der Waals surface area contributed by atoms with E-state index in [9.17, 15) is 4.79 Å². The Hall–Kier alpha value is -4.10. The highest BCUT2D eigenvalue weighted by molar-refractivity contribution is 5.94. The van der Waals surface area contributed by atoms with Crippen molar-refractivity contribution in [1.29, 1.82) is 5.26 Å². The Labute approximate surface area is 192 Å². The molecule has 0 bridgehead atoms. The Morgan fingerprint density at radius 1 is 1.21 bits per heavy atom. The summed E-state index contributed by atoms with van der Waals surface area (Å²) in [6.07, 6.45) is 5.04. The average molecular weight is 447 g/mol. The van der Waals surface area contributed by atoms with Crippen LogP contribution in [0.1, 0.15) is 10.4 Å². The maximum Gasteiger partial charge on any atom is 0.253 e. The van der Waals surface area contributed by atoms with Gasteiger partial charge in [0.05, 0.1) is 24.4 Å². The topological polar surface area (TPSA) is 111 Å². The number of methoxy groups -OCH3 is 1. The molecule has 0 unspecified atom stereocenters. The van der Waals surface area contributed by atoms with E-state index < -0.39 is 0 Å². The third kappa shape index (κ3) is 5.22. The molecule has 0 spiro atoms. The molecule has 33 heavy (non-hydrogen) atoms. The van der Waals surface area contributed by atoms with E-state index in [4.69, 9.17) is 10.00 Å². The van der Waals surface area contributed by atoms with Gasteiger partial charge in [0.25, 0.3) is 5.91 Å². The summed E-state index contributed by atoms with van der Waals surface area (Å²) in [7, 11) is 3.78. The lowest BCUT2D eigenvalue weighted by molar-refractivity contribution is 0.0958. The van der Waals surface area contributed by atoms with Crippen LogP contribution in [0, 0.1) is 11.3 Å². The van der Waals surface area contributed by atoms with E-state index in [1.165, 1.54) is 0 Å². The Kier molecular flexibility index (Phi) is 6.71. The van der Waals surface area contributed by atoms with Crippen LogP contribution in [0.4, 0.5) is 17.3 Å². The molecule has 2 N–H and O–H groups in total. The summed E-state index contributed by atoms with van der Waals surface area (Å²) in [6.45, 7) is 3.98. The standard InChI is InChI=1S/C23H26N8O2/c1-29-11-13-30(14-12-29)18-3-4-19(20(15-18)33-2)27-23-26-8-5-21(28-23)31-10-6-17(16-31)22(32)25-9-7-24/h3-6,8,10,15-16H,9,11-14H2,1-2H3,(H,25,32)(H,26,27,28). The van der Waals surface area contributed by atoms with Crippen molar-refractivity contribution in [2.45, 2.75) is 0 Å². The lowest BCUT2D eigenvalue weighted by atomic mass is 10.2. The van der Waals surface area contributed by atoms with Crippen LogP contribution in [0.15, 0.2) is 48.9 Å². The van der Waals surface area contributed by atoms with Crippen LogP contribution in [-0.4, -0.2) is 72.2 Å². The molecule has 2 aromatic heterocycles. The minimum Gasteiger partial charge on any atom is -0.494 e. The van der Waals surface area contributed by atoms with Gasteiger partial charge >= 0.3 is 0 Å². The molecule has 1 amide bonds. The largest absolute Gasteiger partial charge is 0.494 e. The summed E-state index contributed by atoms with van der Waals surface area (Å²) >= 11 is 0. The normalized spacial score (nSPS) is 13.9. The second-order valence-corrected chi connectivity index (χ2v) is 7.69. The number of likely N-dealkylation sites (N-methyl/N-ethyl adjacent to an activating group) is 1. The van der Waals surface area contributed by atoms with Crippen molar-refractivity contribution >= 4 is 23.2 Å². The van der Waals surface area contributed by atoms with E-state index in [2.05, 4.69) is 43.5 Å². The molecule has 4 rings (SSSR count). The average Bonchev–Trinajstić information content (AvgIpc) is 3.34. The highest BCUT2D eigenvalue weighted by atomic mass is 16.5. The molecule has 170 valence electrons. The Morgan fingerprint density at radius 2 is 2.03 bits per heavy atom. The van der Waals surface area contributed by atoms with Gasteiger partial charge in [0.15, 0.2) is 0 Å². The van der Waals surface area contributed by atoms with E-state index in [1.807, 2.05) is 18.2 Å². The molecule has 3 aromatic rings. The van der Waals surface area contributed by atoms with Gasteiger partial charge in [-0.15, -0.1) is 0 Å². The summed E-state index contributed by atoms with van der Waals surface area (Å²) < 4.78 is 7.34. The molecule has 0 atom stereocenters. The zero-order valence-corrected chi connectivity index (χ0v) is 18.7. The predicted octanol–water partition coefficient (Wildman–Crippen LogP) is 2.02. The van der Waals surface area contributed by atoms with E-state index in [0.717, 1.165) is 37.6 Å². The zero-order valence-electron chi connectivity index (χ0n) is 18.7. The van der Waals surface area contributed by atoms with Gasteiger partial charge in [0, 0.05) is 56.5 Å². The number of nitrogens with zero attached hydrogens (tertiary/aromatic N) is 6. The first-order chi connectivity index (χ1) is 16.1. The molecule has 10 heteroatoms. The molecule has 1 saturated heterocycles. The number of amides is 1. The molecule has 0 saturated carbocycles. The maximum absolute atomic E-state index is 12.0. The van der Waals surface area contributed by atoms with Gasteiger partial charge in [-0.1, -0.05) is 0 Å². The first-order valence-corrected chi connectivity index (χ1v) is 10.6. The molecule has 0 radical (unpaired) electrons. The summed E-state index contributed by atoms with van der Waals surface area (Å²) in [5.41, 5.74) is 2.32. The second kappa shape index (κ2) is 10.0. The van der Waals surface area contributed by atoms with Crippen molar-refractivity contribution in [3.05, 3.63) is 54.5 Å². The number of hydrogen-bond acceptors (Lipinski definition) is 8. The van der Waals surface area contributed by atoms with E-state index in [0.29, 0.717) is 23.1 Å². The highest BCUT2D eigenvalue weighted by Gasteiger charge is 2.16. The smallest absolute Gasteiger partial charge is 0.253 e. The number of aromatic nitrogens is 3. The van der Waals surface area contributed by atoms with Crippen molar-refractivity contribution in [2.75, 3.05) is 57.1 Å². The molecule has 1 aromatic carbocycles. The van der Waals surface area contributed by atoms with Crippen LogP contribution in [0.25, 0.3) is 5.82 Å². The number of ether oxygens (including phenoxy) is 1. The molecule has 3 heterocycles. The summed E-state index contributed by atoms with van der Waals surface area (Å²) in [5.74, 6) is 1.40. The van der Waals surface area contributed by atoms with Crippen LogP contribution in [0.2, 0.25) is 0 Å². The third-order valence-electron chi connectivity index (χ3n) is 5.49. The fraction of sp³-hybridized carbons (Fsp3) is 0.304. The van der Waals surface area contributed by atoms with Crippen molar-refractivity contribution in [3.63, 3.8) is 0 Å². The fourth-order valence-corrected chi connectivity index (χ4v) is 3.61. The van der Waals surface area contributed by atoms with E-state index >= 15 is 0 Å². The summed E-state index contributed by atoms with van der Waals surface area (Å²) in [5, 5.41) is 14.4. The predicted molar refractivity (Wildman–Crippen MR) is 125 cm³/mol. The van der Waals surface area contributed by atoms with Gasteiger partial charge in [0.1, 0.15) is 18.1 Å². The van der Waals surface area contributed by atoms with Crippen molar-refractivity contribution in [1.82, 2.24) is 24.8 Å². The SMILES string of the molecule is COc1cc(N2CCN(C)CC2)ccc1Nc1nccc(-n2ccc(C(=O)NCC#N)c2)n1. The maximum atomic E-state index is 12.0. The molecule has 1 fully saturated rings. The van der Waals surface area contributed by atoms with Crippen LogP contribution in [-0.2, 0) is 0 Å². The molecule has 10 nitrogen and oxygen atoms in total. The number of carbonyl (C=O) groups excluding carboxylic acids is 1. The van der Waals surface area contributed by atoms with Gasteiger partial charge in [-0.05, 0) is 31.3 Å². The van der Waals surface area contributed by atoms with Gasteiger partial charge in [0.2, 0.25) is 5.95 Å². The number of rotatable bonds is 7. The number of benzene rings is 1. The molecular formula is C23H26N8O2. The Morgan fingerprint density at radius 3 is 2.79 bits per heavy atom. The van der Waals surface area contributed by atoms with Crippen molar-refractivity contribution in [3.8, 4) is 17.6 Å². The number of nitrogens with one attached hydrogen (secondary N) is 2. The molecule has 1 aliphatic rings. The fourth-order valence-electron chi connectivity index (χ4n) is 3.61. The van der Waals surface area contributed by atoms with Crippen LogP contribution in [0.5, 0.6) is 5.75 Å². The first-order valence-electron chi connectivity index (χ1n) is 10.6. The number of piperazine rings is 1. The zero-order chi connectivity index (χ0) is 23.2. The number of anilines is 3. The van der Waals surface area contributed by atoms with Gasteiger partial charge in [-0.25, -0.2) is 4.98 Å². The second-order valence-electron chi connectivity index (χ2n) is 7.69. The van der Waals surface area contributed by atoms with E-state index in [-0.39, 0.29) is 12.5 Å². The number of hydrogen-bond donors (Lipinski definition) is 2. The van der Waals surface area contributed by atoms with Gasteiger partial charge in [-0.2, -0.15) is 10.2 Å². The lowest BCUT2D eigenvalue weighted by Crippen LogP contribution is -2.44. The minimum absolute atomic E-state index is 0.0407. The third-order valence-corrected chi connectivity index (χ3v) is 5.49. The monoisotopic (exact) mass is 446 g/mol. The van der Waals surface area contributed by atoms with Crippen molar-refractivity contribution in [2.24, 2.45) is 0 Å². The molecule has 1 aliphatic heterocycles.